The fourth-order valence-electron chi connectivity index (χ4n) is 5.00. The summed E-state index contributed by atoms with van der Waals surface area (Å²) in [6.45, 7) is 1.47. The minimum Gasteiger partial charge on any atom is -0.476 e. The highest BCUT2D eigenvalue weighted by molar-refractivity contribution is 5.84. The van der Waals surface area contributed by atoms with Crippen molar-refractivity contribution < 1.29 is 19.4 Å². The lowest BCUT2D eigenvalue weighted by Crippen LogP contribution is -2.44. The topological polar surface area (TPSA) is 97.5 Å². The summed E-state index contributed by atoms with van der Waals surface area (Å²) in [5, 5.41) is 16.5. The lowest BCUT2D eigenvalue weighted by atomic mass is 9.98. The maximum atomic E-state index is 13.1. The number of aromatic carboxylic acids is 1. The Kier molecular flexibility index (Phi) is 5.81. The van der Waals surface area contributed by atoms with Gasteiger partial charge in [-0.15, -0.1) is 5.10 Å². The van der Waals surface area contributed by atoms with Gasteiger partial charge in [0.15, 0.2) is 5.69 Å². The van der Waals surface area contributed by atoms with E-state index in [0.29, 0.717) is 26.1 Å². The third kappa shape index (κ3) is 4.20. The van der Waals surface area contributed by atoms with Crippen LogP contribution in [0.4, 0.5) is 4.79 Å². The number of carboxylic acids is 1. The molecule has 1 N–H and O–H groups in total. The van der Waals surface area contributed by atoms with Gasteiger partial charge >= 0.3 is 12.1 Å². The standard InChI is InChI=1S/C25H26N4O4/c30-24(31)23-15-28(27-26-23)14-12-17-7-5-6-13-29(17)25(32)33-16-22-20-10-3-1-8-18(20)19-9-2-4-11-21(19)22/h1-4,8-11,15,17,22H,5-7,12-14,16H2,(H,30,31). The van der Waals surface area contributed by atoms with E-state index in [9.17, 15) is 9.59 Å². The molecule has 3 aromatic rings. The number of aryl methyl sites for hydroxylation is 1. The molecule has 1 aliphatic heterocycles. The van der Waals surface area contributed by atoms with Crippen LogP contribution in [0.25, 0.3) is 11.1 Å². The molecular weight excluding hydrogens is 420 g/mol. The van der Waals surface area contributed by atoms with Crippen molar-refractivity contribution in [2.45, 2.75) is 44.2 Å². The van der Waals surface area contributed by atoms with Gasteiger partial charge < -0.3 is 14.7 Å². The van der Waals surface area contributed by atoms with Crippen molar-refractivity contribution in [1.29, 1.82) is 0 Å². The number of fused-ring (bicyclic) bond motifs is 3. The summed E-state index contributed by atoms with van der Waals surface area (Å²) in [5.41, 5.74) is 4.73. The highest BCUT2D eigenvalue weighted by Gasteiger charge is 2.32. The number of ether oxygens (including phenoxy) is 1. The van der Waals surface area contributed by atoms with Crippen LogP contribution in [0.5, 0.6) is 0 Å². The van der Waals surface area contributed by atoms with Crippen LogP contribution in [0, 0.1) is 0 Å². The number of carboxylic acid groups (broad SMARTS) is 1. The van der Waals surface area contributed by atoms with Crippen molar-refractivity contribution in [3.05, 3.63) is 71.5 Å². The number of amides is 1. The minimum absolute atomic E-state index is 0.0341. The molecule has 33 heavy (non-hydrogen) atoms. The van der Waals surface area contributed by atoms with Crippen LogP contribution < -0.4 is 0 Å². The van der Waals surface area contributed by atoms with E-state index in [0.717, 1.165) is 19.3 Å². The first-order valence-electron chi connectivity index (χ1n) is 11.4. The van der Waals surface area contributed by atoms with Gasteiger partial charge in [-0.3, -0.25) is 4.68 Å². The number of hydrogen-bond acceptors (Lipinski definition) is 5. The Morgan fingerprint density at radius 1 is 1.03 bits per heavy atom. The van der Waals surface area contributed by atoms with E-state index < -0.39 is 5.97 Å². The first-order chi connectivity index (χ1) is 16.1. The second kappa shape index (κ2) is 9.05. The number of likely N-dealkylation sites (tertiary alicyclic amines) is 1. The lowest BCUT2D eigenvalue weighted by Gasteiger charge is -2.35. The molecule has 2 aliphatic rings. The van der Waals surface area contributed by atoms with Crippen LogP contribution in [-0.2, 0) is 11.3 Å². The number of aromatic nitrogens is 3. The fraction of sp³-hybridized carbons (Fsp3) is 0.360. The summed E-state index contributed by atoms with van der Waals surface area (Å²) < 4.78 is 7.39. The first-order valence-corrected chi connectivity index (χ1v) is 11.4. The van der Waals surface area contributed by atoms with Gasteiger partial charge in [0.25, 0.3) is 0 Å². The molecule has 2 heterocycles. The monoisotopic (exact) mass is 446 g/mol. The number of carbonyl (C=O) groups excluding carboxylic acids is 1. The number of carbonyl (C=O) groups is 2. The van der Waals surface area contributed by atoms with Crippen molar-refractivity contribution in [3.63, 3.8) is 0 Å². The Labute approximate surface area is 191 Å². The van der Waals surface area contributed by atoms with E-state index in [1.165, 1.54) is 33.1 Å². The molecule has 1 saturated heterocycles. The summed E-state index contributed by atoms with van der Waals surface area (Å²) in [7, 11) is 0. The molecule has 5 rings (SSSR count). The summed E-state index contributed by atoms with van der Waals surface area (Å²) >= 11 is 0. The zero-order valence-electron chi connectivity index (χ0n) is 18.3. The van der Waals surface area contributed by atoms with Crippen LogP contribution in [0.1, 0.15) is 53.2 Å². The van der Waals surface area contributed by atoms with Crippen LogP contribution in [0.2, 0.25) is 0 Å². The maximum Gasteiger partial charge on any atom is 0.410 e. The van der Waals surface area contributed by atoms with Gasteiger partial charge in [0.2, 0.25) is 0 Å². The van der Waals surface area contributed by atoms with Crippen molar-refractivity contribution in [2.24, 2.45) is 0 Å². The fourth-order valence-corrected chi connectivity index (χ4v) is 5.00. The molecule has 2 aromatic carbocycles. The van der Waals surface area contributed by atoms with Gasteiger partial charge in [-0.05, 0) is 47.9 Å². The molecule has 0 bridgehead atoms. The molecule has 1 atom stereocenters. The average Bonchev–Trinajstić information content (AvgIpc) is 3.45. The molecule has 0 saturated carbocycles. The second-order valence-electron chi connectivity index (χ2n) is 8.61. The number of piperidine rings is 1. The molecule has 170 valence electrons. The smallest absolute Gasteiger partial charge is 0.410 e. The zero-order valence-corrected chi connectivity index (χ0v) is 18.3. The summed E-state index contributed by atoms with van der Waals surface area (Å²) in [5.74, 6) is -1.06. The highest BCUT2D eigenvalue weighted by atomic mass is 16.6. The first kappa shape index (κ1) is 21.2. The van der Waals surface area contributed by atoms with E-state index in [1.54, 1.807) is 0 Å². The van der Waals surface area contributed by atoms with Gasteiger partial charge in [0.1, 0.15) is 6.61 Å². The number of hydrogen-bond donors (Lipinski definition) is 1. The Bertz CT molecular complexity index is 1130. The van der Waals surface area contributed by atoms with Gasteiger partial charge in [-0.2, -0.15) is 0 Å². The molecular formula is C25H26N4O4. The van der Waals surface area contributed by atoms with Crippen LogP contribution in [-0.4, -0.2) is 56.3 Å². The molecule has 0 spiro atoms. The average molecular weight is 447 g/mol. The molecule has 1 fully saturated rings. The minimum atomic E-state index is -1.10. The number of nitrogens with zero attached hydrogens (tertiary/aromatic N) is 4. The number of benzene rings is 2. The van der Waals surface area contributed by atoms with Crippen molar-refractivity contribution in [3.8, 4) is 11.1 Å². The van der Waals surface area contributed by atoms with E-state index >= 15 is 0 Å². The molecule has 8 heteroatoms. The zero-order chi connectivity index (χ0) is 22.8. The summed E-state index contributed by atoms with van der Waals surface area (Å²) in [6.07, 6.45) is 4.70. The highest BCUT2D eigenvalue weighted by Crippen LogP contribution is 2.44. The summed E-state index contributed by atoms with van der Waals surface area (Å²) in [4.78, 5) is 25.9. The van der Waals surface area contributed by atoms with Gasteiger partial charge in [-0.1, -0.05) is 53.7 Å². The van der Waals surface area contributed by atoms with E-state index in [2.05, 4.69) is 34.6 Å². The van der Waals surface area contributed by atoms with Crippen LogP contribution in [0.3, 0.4) is 0 Å². The third-order valence-electron chi connectivity index (χ3n) is 6.65. The Balaban J connectivity index is 1.24. The molecule has 1 unspecified atom stereocenters. The van der Waals surface area contributed by atoms with E-state index in [4.69, 9.17) is 9.84 Å². The van der Waals surface area contributed by atoms with Gasteiger partial charge in [-0.25, -0.2) is 9.59 Å². The van der Waals surface area contributed by atoms with E-state index in [1.807, 2.05) is 29.2 Å². The second-order valence-corrected chi connectivity index (χ2v) is 8.61. The van der Waals surface area contributed by atoms with E-state index in [-0.39, 0.29) is 23.7 Å². The molecule has 1 amide bonds. The van der Waals surface area contributed by atoms with Gasteiger partial charge in [0, 0.05) is 25.0 Å². The predicted molar refractivity (Wildman–Crippen MR) is 121 cm³/mol. The maximum absolute atomic E-state index is 13.1. The van der Waals surface area contributed by atoms with Crippen LogP contribution in [0.15, 0.2) is 54.7 Å². The molecule has 8 nitrogen and oxygen atoms in total. The molecule has 0 radical (unpaired) electrons. The SMILES string of the molecule is O=C(O)c1cn(CCC2CCCCN2C(=O)OCC2c3ccccc3-c3ccccc32)nn1. The van der Waals surface area contributed by atoms with Crippen molar-refractivity contribution in [2.75, 3.05) is 13.2 Å². The third-order valence-corrected chi connectivity index (χ3v) is 6.65. The Hall–Kier alpha value is -3.68. The van der Waals surface area contributed by atoms with Crippen LogP contribution >= 0.6 is 0 Å². The van der Waals surface area contributed by atoms with Crippen molar-refractivity contribution in [1.82, 2.24) is 19.9 Å². The Morgan fingerprint density at radius 2 is 1.73 bits per heavy atom. The molecule has 1 aliphatic carbocycles. The van der Waals surface area contributed by atoms with Gasteiger partial charge in [0.05, 0.1) is 6.20 Å². The lowest BCUT2D eigenvalue weighted by molar-refractivity contribution is 0.0674. The number of rotatable bonds is 6. The molecule has 1 aromatic heterocycles. The Morgan fingerprint density at radius 3 is 2.39 bits per heavy atom. The quantitative estimate of drug-likeness (QED) is 0.610. The predicted octanol–water partition coefficient (Wildman–Crippen LogP) is 4.17. The normalized spacial score (nSPS) is 17.5. The van der Waals surface area contributed by atoms with Crippen molar-refractivity contribution >= 4 is 12.1 Å². The largest absolute Gasteiger partial charge is 0.476 e. The summed E-state index contributed by atoms with van der Waals surface area (Å²) in [6, 6.07) is 16.6.